The van der Waals surface area contributed by atoms with E-state index in [1.165, 1.54) is 23.9 Å². The highest BCUT2D eigenvalue weighted by molar-refractivity contribution is 7.98. The van der Waals surface area contributed by atoms with Crippen molar-refractivity contribution in [3.63, 3.8) is 0 Å². The summed E-state index contributed by atoms with van der Waals surface area (Å²) in [5, 5.41) is 11.8. The van der Waals surface area contributed by atoms with Gasteiger partial charge in [0.15, 0.2) is 11.0 Å². The summed E-state index contributed by atoms with van der Waals surface area (Å²) < 4.78 is 53.3. The Morgan fingerprint density at radius 2 is 1.60 bits per heavy atom. The first-order chi connectivity index (χ1) is 16.7. The third-order valence-corrected chi connectivity index (χ3v) is 6.16. The van der Waals surface area contributed by atoms with E-state index in [9.17, 15) is 22.4 Å². The lowest BCUT2D eigenvalue weighted by Gasteiger charge is -2.12. The Morgan fingerprint density at radius 3 is 2.23 bits per heavy atom. The van der Waals surface area contributed by atoms with Gasteiger partial charge in [0, 0.05) is 17.0 Å². The van der Waals surface area contributed by atoms with Crippen molar-refractivity contribution in [2.75, 3.05) is 0 Å². The van der Waals surface area contributed by atoms with E-state index in [1.807, 2.05) is 31.2 Å². The molecule has 0 aliphatic heterocycles. The van der Waals surface area contributed by atoms with E-state index in [0.717, 1.165) is 41.1 Å². The van der Waals surface area contributed by atoms with E-state index < -0.39 is 17.6 Å². The van der Waals surface area contributed by atoms with Gasteiger partial charge in [0.2, 0.25) is 0 Å². The first-order valence-electron chi connectivity index (χ1n) is 10.5. The molecular weight excluding hydrogens is 480 g/mol. The van der Waals surface area contributed by atoms with Crippen molar-refractivity contribution in [3.8, 4) is 5.69 Å². The molecule has 180 valence electrons. The van der Waals surface area contributed by atoms with Gasteiger partial charge in [-0.15, -0.1) is 10.2 Å². The summed E-state index contributed by atoms with van der Waals surface area (Å²) in [7, 11) is 0. The fourth-order valence-corrected chi connectivity index (χ4v) is 4.19. The Kier molecular flexibility index (Phi) is 7.20. The van der Waals surface area contributed by atoms with Crippen LogP contribution in [0.3, 0.4) is 0 Å². The zero-order valence-corrected chi connectivity index (χ0v) is 19.3. The number of carbonyl (C=O) groups excluding carboxylic acids is 1. The van der Waals surface area contributed by atoms with Crippen molar-refractivity contribution in [3.05, 3.63) is 107 Å². The van der Waals surface area contributed by atoms with Crippen LogP contribution in [-0.4, -0.2) is 20.7 Å². The molecule has 0 radical (unpaired) electrons. The molecular formula is C25H20F4N4OS. The van der Waals surface area contributed by atoms with Gasteiger partial charge in [-0.1, -0.05) is 41.6 Å². The van der Waals surface area contributed by atoms with Gasteiger partial charge in [0.05, 0.1) is 12.1 Å². The van der Waals surface area contributed by atoms with Crippen LogP contribution in [0.4, 0.5) is 17.6 Å². The lowest BCUT2D eigenvalue weighted by molar-refractivity contribution is -0.137. The number of hydrogen-bond donors (Lipinski definition) is 1. The molecule has 1 amide bonds. The minimum Gasteiger partial charge on any atom is -0.345 e. The lowest BCUT2D eigenvalue weighted by Crippen LogP contribution is -2.24. The van der Waals surface area contributed by atoms with Crippen molar-refractivity contribution >= 4 is 17.7 Å². The minimum atomic E-state index is -4.47. The van der Waals surface area contributed by atoms with Gasteiger partial charge in [0.25, 0.3) is 5.91 Å². The molecule has 0 aliphatic carbocycles. The fraction of sp³-hybridized carbons (Fsp3) is 0.160. The number of amides is 1. The number of aromatic nitrogens is 3. The number of carbonyl (C=O) groups is 1. The van der Waals surface area contributed by atoms with Gasteiger partial charge in [-0.3, -0.25) is 9.36 Å². The van der Waals surface area contributed by atoms with E-state index in [2.05, 4.69) is 15.5 Å². The number of benzene rings is 3. The second kappa shape index (κ2) is 10.3. The number of rotatable bonds is 7. The van der Waals surface area contributed by atoms with Crippen molar-refractivity contribution in [2.24, 2.45) is 0 Å². The number of thioether (sulfide) groups is 1. The molecule has 4 aromatic rings. The van der Waals surface area contributed by atoms with Crippen molar-refractivity contribution < 1.29 is 22.4 Å². The summed E-state index contributed by atoms with van der Waals surface area (Å²) >= 11 is 1.41. The minimum absolute atomic E-state index is 0.0117. The SMILES string of the molecule is Cc1ccc(-n2c(CNC(=O)c3ccc(C(F)(F)F)cc3)nnc2SCc2ccc(F)cc2)cc1. The summed E-state index contributed by atoms with van der Waals surface area (Å²) in [6, 6.07) is 17.9. The number of aryl methyl sites for hydroxylation is 1. The van der Waals surface area contributed by atoms with Gasteiger partial charge in [-0.25, -0.2) is 4.39 Å². The molecule has 0 saturated heterocycles. The summed E-state index contributed by atoms with van der Waals surface area (Å²) in [6.07, 6.45) is -4.47. The molecule has 4 rings (SSSR count). The molecule has 1 aromatic heterocycles. The monoisotopic (exact) mass is 500 g/mol. The number of hydrogen-bond acceptors (Lipinski definition) is 4. The van der Waals surface area contributed by atoms with E-state index in [0.29, 0.717) is 16.7 Å². The zero-order chi connectivity index (χ0) is 25.0. The Hall–Kier alpha value is -3.66. The van der Waals surface area contributed by atoms with Crippen LogP contribution in [0.2, 0.25) is 0 Å². The maximum Gasteiger partial charge on any atom is 0.416 e. The van der Waals surface area contributed by atoms with E-state index in [1.54, 1.807) is 16.7 Å². The fourth-order valence-electron chi connectivity index (χ4n) is 3.26. The number of halogens is 4. The number of alkyl halides is 3. The van der Waals surface area contributed by atoms with E-state index in [4.69, 9.17) is 0 Å². The number of nitrogens with zero attached hydrogens (tertiary/aromatic N) is 3. The first-order valence-corrected chi connectivity index (χ1v) is 11.5. The summed E-state index contributed by atoms with van der Waals surface area (Å²) in [5.74, 6) is 0.142. The molecule has 10 heteroatoms. The van der Waals surface area contributed by atoms with Crippen LogP contribution in [0, 0.1) is 12.7 Å². The lowest BCUT2D eigenvalue weighted by atomic mass is 10.1. The first kappa shape index (κ1) is 24.5. The molecule has 0 saturated carbocycles. The van der Waals surface area contributed by atoms with Crippen LogP contribution in [0.15, 0.2) is 78.0 Å². The van der Waals surface area contributed by atoms with E-state index >= 15 is 0 Å². The maximum atomic E-state index is 13.2. The molecule has 0 aliphatic rings. The van der Waals surface area contributed by atoms with Gasteiger partial charge in [-0.2, -0.15) is 13.2 Å². The Bertz CT molecular complexity index is 1300. The van der Waals surface area contributed by atoms with Crippen LogP contribution in [-0.2, 0) is 18.5 Å². The number of nitrogens with one attached hydrogen (secondary N) is 1. The molecule has 0 atom stereocenters. The second-order valence-corrected chi connectivity index (χ2v) is 8.69. The second-order valence-electron chi connectivity index (χ2n) is 7.74. The molecule has 3 aromatic carbocycles. The summed E-state index contributed by atoms with van der Waals surface area (Å²) in [4.78, 5) is 12.5. The van der Waals surface area contributed by atoms with Crippen LogP contribution in [0.25, 0.3) is 5.69 Å². The van der Waals surface area contributed by atoms with Crippen LogP contribution in [0.1, 0.15) is 32.9 Å². The average molecular weight is 501 g/mol. The van der Waals surface area contributed by atoms with Crippen molar-refractivity contribution in [1.29, 1.82) is 0 Å². The summed E-state index contributed by atoms with van der Waals surface area (Å²) in [6.45, 7) is 1.98. The third kappa shape index (κ3) is 6.07. The normalized spacial score (nSPS) is 11.5. The highest BCUT2D eigenvalue weighted by atomic mass is 32.2. The largest absolute Gasteiger partial charge is 0.416 e. The molecule has 0 spiro atoms. The maximum absolute atomic E-state index is 13.2. The highest BCUT2D eigenvalue weighted by Crippen LogP contribution is 2.29. The van der Waals surface area contributed by atoms with Gasteiger partial charge >= 0.3 is 6.18 Å². The molecule has 0 bridgehead atoms. The predicted molar refractivity (Wildman–Crippen MR) is 125 cm³/mol. The van der Waals surface area contributed by atoms with Crippen LogP contribution in [0.5, 0.6) is 0 Å². The standard InChI is InChI=1S/C25H20F4N4OS/c1-16-2-12-21(13-3-16)33-22(31-32-24(33)35-15-17-4-10-20(26)11-5-17)14-30-23(34)18-6-8-19(9-7-18)25(27,28)29/h2-13H,14-15H2,1H3,(H,30,34). The molecule has 35 heavy (non-hydrogen) atoms. The Labute approximate surface area is 203 Å². The third-order valence-electron chi connectivity index (χ3n) is 5.16. The predicted octanol–water partition coefficient (Wildman–Crippen LogP) is 5.96. The molecule has 1 N–H and O–H groups in total. The van der Waals surface area contributed by atoms with Crippen LogP contribution < -0.4 is 5.32 Å². The summed E-state index contributed by atoms with van der Waals surface area (Å²) in [5.41, 5.74) is 2.05. The molecule has 5 nitrogen and oxygen atoms in total. The molecule has 0 unspecified atom stereocenters. The zero-order valence-electron chi connectivity index (χ0n) is 18.5. The van der Waals surface area contributed by atoms with Crippen molar-refractivity contribution in [2.45, 2.75) is 30.6 Å². The van der Waals surface area contributed by atoms with Gasteiger partial charge in [0.1, 0.15) is 5.82 Å². The van der Waals surface area contributed by atoms with Crippen molar-refractivity contribution in [1.82, 2.24) is 20.1 Å². The smallest absolute Gasteiger partial charge is 0.345 e. The average Bonchev–Trinajstić information content (AvgIpc) is 3.25. The molecule has 1 heterocycles. The Balaban J connectivity index is 1.53. The highest BCUT2D eigenvalue weighted by Gasteiger charge is 2.30. The van der Waals surface area contributed by atoms with E-state index in [-0.39, 0.29) is 17.9 Å². The van der Waals surface area contributed by atoms with Gasteiger partial charge < -0.3 is 5.32 Å². The Morgan fingerprint density at radius 1 is 0.943 bits per heavy atom. The topological polar surface area (TPSA) is 59.8 Å². The molecule has 0 fully saturated rings. The van der Waals surface area contributed by atoms with Gasteiger partial charge in [-0.05, 0) is 61.0 Å². The van der Waals surface area contributed by atoms with Crippen LogP contribution >= 0.6 is 11.8 Å². The quantitative estimate of drug-likeness (QED) is 0.251.